The Morgan fingerprint density at radius 3 is 3.15 bits per heavy atom. The highest BCUT2D eigenvalue weighted by Crippen LogP contribution is 2.31. The van der Waals surface area contributed by atoms with E-state index in [9.17, 15) is 4.79 Å². The Hall–Kier alpha value is -1.38. The summed E-state index contributed by atoms with van der Waals surface area (Å²) in [5.74, 6) is 0.679. The van der Waals surface area contributed by atoms with Gasteiger partial charge in [-0.2, -0.15) is 0 Å². The fraction of sp³-hybridized carbons (Fsp3) is 0.400. The van der Waals surface area contributed by atoms with E-state index in [1.807, 2.05) is 6.07 Å². The molecule has 1 unspecified atom stereocenters. The van der Waals surface area contributed by atoms with E-state index in [1.165, 1.54) is 0 Å². The van der Waals surface area contributed by atoms with Gasteiger partial charge in [0.15, 0.2) is 0 Å². The van der Waals surface area contributed by atoms with Gasteiger partial charge in [0, 0.05) is 17.7 Å². The SMILES string of the molecule is COc1ccc2c(n1)CCC2C=O. The normalized spacial score (nSPS) is 19.6. The fourth-order valence-electron chi connectivity index (χ4n) is 1.73. The van der Waals surface area contributed by atoms with E-state index >= 15 is 0 Å². The zero-order valence-corrected chi connectivity index (χ0v) is 7.49. The minimum absolute atomic E-state index is 0.0495. The first-order valence-electron chi connectivity index (χ1n) is 4.34. The maximum atomic E-state index is 10.7. The number of methoxy groups -OCH3 is 1. The third-order valence-electron chi connectivity index (χ3n) is 2.45. The third-order valence-corrected chi connectivity index (χ3v) is 2.45. The summed E-state index contributed by atoms with van der Waals surface area (Å²) >= 11 is 0. The van der Waals surface area contributed by atoms with Crippen LogP contribution in [0.15, 0.2) is 12.1 Å². The number of hydrogen-bond donors (Lipinski definition) is 0. The predicted octanol–water partition coefficient (Wildman–Crippen LogP) is 1.32. The molecule has 13 heavy (non-hydrogen) atoms. The van der Waals surface area contributed by atoms with Crippen LogP contribution in [0.1, 0.15) is 23.6 Å². The Kier molecular flexibility index (Phi) is 2.00. The van der Waals surface area contributed by atoms with Crippen LogP contribution in [0, 0.1) is 0 Å². The summed E-state index contributed by atoms with van der Waals surface area (Å²) in [6.45, 7) is 0. The Balaban J connectivity index is 2.40. The van der Waals surface area contributed by atoms with E-state index < -0.39 is 0 Å². The molecule has 3 heteroatoms. The number of rotatable bonds is 2. The summed E-state index contributed by atoms with van der Waals surface area (Å²) in [7, 11) is 1.60. The van der Waals surface area contributed by atoms with Gasteiger partial charge in [-0.15, -0.1) is 0 Å². The van der Waals surface area contributed by atoms with Crippen molar-refractivity contribution in [3.63, 3.8) is 0 Å². The number of aldehydes is 1. The highest BCUT2D eigenvalue weighted by atomic mass is 16.5. The number of fused-ring (bicyclic) bond motifs is 1. The number of hydrogen-bond acceptors (Lipinski definition) is 3. The minimum Gasteiger partial charge on any atom is -0.481 e. The lowest BCUT2D eigenvalue weighted by molar-refractivity contribution is -0.109. The van der Waals surface area contributed by atoms with E-state index in [-0.39, 0.29) is 5.92 Å². The molecule has 0 saturated carbocycles. The fourth-order valence-corrected chi connectivity index (χ4v) is 1.73. The molecule has 68 valence electrons. The van der Waals surface area contributed by atoms with Crippen molar-refractivity contribution < 1.29 is 9.53 Å². The molecule has 0 aliphatic heterocycles. The lowest BCUT2D eigenvalue weighted by Gasteiger charge is -2.03. The summed E-state index contributed by atoms with van der Waals surface area (Å²) in [4.78, 5) is 15.0. The van der Waals surface area contributed by atoms with Crippen LogP contribution in [0.5, 0.6) is 5.88 Å². The van der Waals surface area contributed by atoms with Gasteiger partial charge in [-0.1, -0.05) is 6.07 Å². The largest absolute Gasteiger partial charge is 0.481 e. The second-order valence-corrected chi connectivity index (χ2v) is 3.17. The molecular weight excluding hydrogens is 166 g/mol. The standard InChI is InChI=1S/C10H11NO2/c1-13-10-5-3-8-7(6-12)2-4-9(8)11-10/h3,5-7H,2,4H2,1H3. The van der Waals surface area contributed by atoms with Crippen molar-refractivity contribution in [2.75, 3.05) is 7.11 Å². The molecule has 0 aromatic carbocycles. The highest BCUT2D eigenvalue weighted by Gasteiger charge is 2.23. The quantitative estimate of drug-likeness (QED) is 0.639. The zero-order chi connectivity index (χ0) is 9.26. The molecule has 1 aliphatic carbocycles. The molecule has 1 aliphatic rings. The molecule has 3 nitrogen and oxygen atoms in total. The van der Waals surface area contributed by atoms with E-state index in [1.54, 1.807) is 13.2 Å². The van der Waals surface area contributed by atoms with E-state index in [4.69, 9.17) is 4.74 Å². The van der Waals surface area contributed by atoms with Crippen molar-refractivity contribution in [1.82, 2.24) is 4.98 Å². The second kappa shape index (κ2) is 3.17. The molecule has 0 radical (unpaired) electrons. The van der Waals surface area contributed by atoms with E-state index in [2.05, 4.69) is 4.98 Å². The molecular formula is C10H11NO2. The Morgan fingerprint density at radius 2 is 2.46 bits per heavy atom. The first-order valence-corrected chi connectivity index (χ1v) is 4.34. The van der Waals surface area contributed by atoms with Crippen molar-refractivity contribution in [3.8, 4) is 5.88 Å². The molecule has 0 saturated heterocycles. The maximum Gasteiger partial charge on any atom is 0.213 e. The average molecular weight is 177 g/mol. The van der Waals surface area contributed by atoms with Crippen LogP contribution < -0.4 is 4.74 Å². The Morgan fingerprint density at radius 1 is 1.62 bits per heavy atom. The van der Waals surface area contributed by atoms with Crippen LogP contribution in [0.3, 0.4) is 0 Å². The maximum absolute atomic E-state index is 10.7. The summed E-state index contributed by atoms with van der Waals surface area (Å²) in [6.07, 6.45) is 2.77. The van der Waals surface area contributed by atoms with Gasteiger partial charge in [0.1, 0.15) is 6.29 Å². The van der Waals surface area contributed by atoms with Gasteiger partial charge in [0.25, 0.3) is 0 Å². The molecule has 1 atom stereocenters. The second-order valence-electron chi connectivity index (χ2n) is 3.17. The molecule has 1 heterocycles. The number of aromatic nitrogens is 1. The van der Waals surface area contributed by atoms with Gasteiger partial charge < -0.3 is 9.53 Å². The Bertz CT molecular complexity index is 336. The number of carbonyl (C=O) groups is 1. The molecule has 0 N–H and O–H groups in total. The van der Waals surface area contributed by atoms with Gasteiger partial charge in [-0.3, -0.25) is 0 Å². The van der Waals surface area contributed by atoms with Crippen molar-refractivity contribution in [3.05, 3.63) is 23.4 Å². The molecule has 2 rings (SSSR count). The molecule has 0 bridgehead atoms. The molecule has 1 aromatic heterocycles. The molecule has 1 aromatic rings. The predicted molar refractivity (Wildman–Crippen MR) is 47.9 cm³/mol. The van der Waals surface area contributed by atoms with Crippen LogP contribution in [0.2, 0.25) is 0 Å². The monoisotopic (exact) mass is 177 g/mol. The minimum atomic E-state index is 0.0495. The lowest BCUT2D eigenvalue weighted by Crippen LogP contribution is -1.96. The summed E-state index contributed by atoms with van der Waals surface area (Å²) in [6, 6.07) is 3.74. The van der Waals surface area contributed by atoms with Gasteiger partial charge in [-0.25, -0.2) is 4.98 Å². The van der Waals surface area contributed by atoms with Crippen LogP contribution in [0.25, 0.3) is 0 Å². The number of aryl methyl sites for hydroxylation is 1. The van der Waals surface area contributed by atoms with Crippen molar-refractivity contribution in [2.24, 2.45) is 0 Å². The van der Waals surface area contributed by atoms with Gasteiger partial charge >= 0.3 is 0 Å². The van der Waals surface area contributed by atoms with Crippen molar-refractivity contribution in [2.45, 2.75) is 18.8 Å². The molecule has 0 amide bonds. The Labute approximate surface area is 76.7 Å². The summed E-state index contributed by atoms with van der Waals surface area (Å²) in [5, 5.41) is 0. The lowest BCUT2D eigenvalue weighted by atomic mass is 10.1. The number of carbonyl (C=O) groups excluding carboxylic acids is 1. The summed E-state index contributed by atoms with van der Waals surface area (Å²) in [5.41, 5.74) is 2.08. The number of ether oxygens (including phenoxy) is 1. The van der Waals surface area contributed by atoms with Gasteiger partial charge in [-0.05, 0) is 18.4 Å². The number of nitrogens with zero attached hydrogens (tertiary/aromatic N) is 1. The van der Waals surface area contributed by atoms with Crippen molar-refractivity contribution >= 4 is 6.29 Å². The van der Waals surface area contributed by atoms with E-state index in [0.29, 0.717) is 5.88 Å². The molecule has 0 fully saturated rings. The number of pyridine rings is 1. The van der Waals surface area contributed by atoms with Gasteiger partial charge in [0.2, 0.25) is 5.88 Å². The zero-order valence-electron chi connectivity index (χ0n) is 7.49. The third kappa shape index (κ3) is 1.30. The topological polar surface area (TPSA) is 39.2 Å². The highest BCUT2D eigenvalue weighted by molar-refractivity contribution is 5.64. The van der Waals surface area contributed by atoms with Crippen LogP contribution >= 0.6 is 0 Å². The first-order chi connectivity index (χ1) is 6.35. The summed E-state index contributed by atoms with van der Waals surface area (Å²) < 4.78 is 5.01. The van der Waals surface area contributed by atoms with Crippen LogP contribution in [-0.4, -0.2) is 18.4 Å². The van der Waals surface area contributed by atoms with Crippen molar-refractivity contribution in [1.29, 1.82) is 0 Å². The smallest absolute Gasteiger partial charge is 0.213 e. The van der Waals surface area contributed by atoms with E-state index in [0.717, 1.165) is 30.4 Å². The molecule has 0 spiro atoms. The van der Waals surface area contributed by atoms with Crippen LogP contribution in [0.4, 0.5) is 0 Å². The van der Waals surface area contributed by atoms with Gasteiger partial charge in [0.05, 0.1) is 7.11 Å². The first kappa shape index (κ1) is 8.23. The average Bonchev–Trinajstić information content (AvgIpc) is 2.59. The van der Waals surface area contributed by atoms with Crippen LogP contribution in [-0.2, 0) is 11.2 Å².